The average Bonchev–Trinajstić information content (AvgIpc) is 2.18. The fourth-order valence-corrected chi connectivity index (χ4v) is 6.37. The van der Waals surface area contributed by atoms with Crippen molar-refractivity contribution in [1.29, 1.82) is 0 Å². The van der Waals surface area contributed by atoms with E-state index in [1.807, 2.05) is 0 Å². The van der Waals surface area contributed by atoms with Crippen molar-refractivity contribution in [2.75, 3.05) is 0 Å². The van der Waals surface area contributed by atoms with Crippen LogP contribution in [0.15, 0.2) is 30.3 Å². The molecule has 1 rings (SSSR count). The van der Waals surface area contributed by atoms with Gasteiger partial charge in [0.15, 0.2) is 0 Å². The van der Waals surface area contributed by atoms with Crippen molar-refractivity contribution in [3.63, 3.8) is 0 Å². The summed E-state index contributed by atoms with van der Waals surface area (Å²) in [5.41, 5.74) is 1.55. The van der Waals surface area contributed by atoms with Gasteiger partial charge in [-0.05, 0) is 0 Å². The van der Waals surface area contributed by atoms with Crippen LogP contribution in [-0.4, -0.2) is 18.4 Å². The molecule has 1 aromatic carbocycles. The molecule has 0 heterocycles. The van der Waals surface area contributed by atoms with Crippen LogP contribution in [0.25, 0.3) is 0 Å². The van der Waals surface area contributed by atoms with E-state index < -0.39 is 18.4 Å². The van der Waals surface area contributed by atoms with Gasteiger partial charge in [-0.25, -0.2) is 0 Å². The summed E-state index contributed by atoms with van der Waals surface area (Å²) >= 11 is -1.75. The van der Waals surface area contributed by atoms with Crippen molar-refractivity contribution < 1.29 is 0 Å². The Morgan fingerprint density at radius 2 is 1.69 bits per heavy atom. The zero-order valence-corrected chi connectivity index (χ0v) is 12.0. The van der Waals surface area contributed by atoms with Gasteiger partial charge in [0.2, 0.25) is 0 Å². The Balaban J connectivity index is 2.85. The standard InChI is InChI=1S/C8H9.C2H5.2CH3.Sn/c1-2-8-6-4-3-5-7-8;1-2;;;/h2-7H,1H3;1H2,2H3;2*1H3;. The minimum atomic E-state index is -1.75. The molecule has 0 bridgehead atoms. The monoisotopic (exact) mass is 284 g/mol. The molecule has 0 spiro atoms. The normalized spacial score (nSPS) is 14.2. The molecule has 0 fully saturated rings. The molecule has 1 aromatic rings. The van der Waals surface area contributed by atoms with Gasteiger partial charge < -0.3 is 0 Å². The maximum atomic E-state index is 2.55. The first-order valence-corrected chi connectivity index (χ1v) is 14.5. The van der Waals surface area contributed by atoms with E-state index >= 15 is 0 Å². The van der Waals surface area contributed by atoms with Gasteiger partial charge in [0.05, 0.1) is 0 Å². The second-order valence-corrected chi connectivity index (χ2v) is 20.3. The number of rotatable bonds is 3. The predicted octanol–water partition coefficient (Wildman–Crippen LogP) is 4.06. The second kappa shape index (κ2) is 4.49. The van der Waals surface area contributed by atoms with Crippen LogP contribution in [0.5, 0.6) is 0 Å². The molecule has 0 aliphatic rings. The van der Waals surface area contributed by atoms with Crippen LogP contribution < -0.4 is 0 Å². The molecule has 13 heavy (non-hydrogen) atoms. The van der Waals surface area contributed by atoms with Crippen molar-refractivity contribution >= 4 is 18.4 Å². The third-order valence-electron chi connectivity index (χ3n) is 3.38. The van der Waals surface area contributed by atoms with Crippen LogP contribution in [0, 0.1) is 0 Å². The number of benzene rings is 1. The summed E-state index contributed by atoms with van der Waals surface area (Å²) in [6.45, 7) is 4.77. The van der Waals surface area contributed by atoms with Gasteiger partial charge in [-0.15, -0.1) is 0 Å². The third kappa shape index (κ3) is 2.73. The van der Waals surface area contributed by atoms with Gasteiger partial charge in [-0.1, -0.05) is 0 Å². The van der Waals surface area contributed by atoms with Gasteiger partial charge in [0.1, 0.15) is 0 Å². The molecule has 1 atom stereocenters. The van der Waals surface area contributed by atoms with Crippen molar-refractivity contribution in [2.45, 2.75) is 32.1 Å². The number of hydrogen-bond acceptors (Lipinski definition) is 0. The minimum absolute atomic E-state index is 0.848. The van der Waals surface area contributed by atoms with E-state index in [0.717, 1.165) is 3.93 Å². The molecule has 0 N–H and O–H groups in total. The fourth-order valence-electron chi connectivity index (χ4n) is 1.50. The Hall–Kier alpha value is 0.0187. The van der Waals surface area contributed by atoms with Crippen molar-refractivity contribution in [2.24, 2.45) is 0 Å². The molecule has 0 radical (unpaired) electrons. The summed E-state index contributed by atoms with van der Waals surface area (Å²) in [7, 11) is 0. The van der Waals surface area contributed by atoms with Crippen LogP contribution in [0.4, 0.5) is 0 Å². The maximum absolute atomic E-state index is 2.55. The Kier molecular flexibility index (Phi) is 3.84. The first-order chi connectivity index (χ1) is 6.08. The van der Waals surface area contributed by atoms with Crippen LogP contribution >= 0.6 is 0 Å². The summed E-state index contributed by atoms with van der Waals surface area (Å²) < 4.78 is 2.28. The molecular formula is C12H20Sn. The summed E-state index contributed by atoms with van der Waals surface area (Å²) in [6, 6.07) is 11.0. The summed E-state index contributed by atoms with van der Waals surface area (Å²) in [4.78, 5) is 5.10. The molecule has 0 saturated heterocycles. The van der Waals surface area contributed by atoms with Crippen LogP contribution in [0.3, 0.4) is 0 Å². The molecule has 0 aromatic heterocycles. The Bertz CT molecular complexity index is 251. The van der Waals surface area contributed by atoms with Crippen molar-refractivity contribution in [3.05, 3.63) is 35.9 Å². The first-order valence-electron chi connectivity index (χ1n) is 5.13. The van der Waals surface area contributed by atoms with Crippen LogP contribution in [0.2, 0.25) is 14.3 Å². The molecule has 0 aliphatic carbocycles. The fraction of sp³-hybridized carbons (Fsp3) is 0.500. The summed E-state index contributed by atoms with van der Waals surface area (Å²) in [6.07, 6.45) is 0. The van der Waals surface area contributed by atoms with E-state index in [2.05, 4.69) is 54.1 Å². The molecule has 1 unspecified atom stereocenters. The molecule has 0 amide bonds. The van der Waals surface area contributed by atoms with E-state index in [-0.39, 0.29) is 0 Å². The molecule has 0 nitrogen and oxygen atoms in total. The van der Waals surface area contributed by atoms with Crippen molar-refractivity contribution in [1.82, 2.24) is 0 Å². The SMILES string of the molecule is C[CH2][Sn]([CH3])([CH3])[CH](C)c1ccccc1. The van der Waals surface area contributed by atoms with E-state index in [9.17, 15) is 0 Å². The zero-order valence-electron chi connectivity index (χ0n) is 9.17. The van der Waals surface area contributed by atoms with Crippen LogP contribution in [0.1, 0.15) is 23.3 Å². The van der Waals surface area contributed by atoms with Gasteiger partial charge >= 0.3 is 86.4 Å². The van der Waals surface area contributed by atoms with Gasteiger partial charge in [0, 0.05) is 0 Å². The summed E-state index contributed by atoms with van der Waals surface area (Å²) in [5.74, 6) is 0. The molecule has 0 aliphatic heterocycles. The molecule has 72 valence electrons. The van der Waals surface area contributed by atoms with Gasteiger partial charge in [0.25, 0.3) is 0 Å². The second-order valence-electron chi connectivity index (χ2n) is 4.47. The van der Waals surface area contributed by atoms with E-state index in [1.165, 1.54) is 4.44 Å². The van der Waals surface area contributed by atoms with E-state index in [0.29, 0.717) is 0 Å². The molecule has 0 saturated carbocycles. The topological polar surface area (TPSA) is 0 Å². The summed E-state index contributed by atoms with van der Waals surface area (Å²) in [5, 5.41) is 0. The average molecular weight is 283 g/mol. The first kappa shape index (κ1) is 11.1. The zero-order chi connectivity index (χ0) is 9.90. The quantitative estimate of drug-likeness (QED) is 0.734. The van der Waals surface area contributed by atoms with Crippen molar-refractivity contribution in [3.8, 4) is 0 Å². The van der Waals surface area contributed by atoms with E-state index in [1.54, 1.807) is 5.56 Å². The molecule has 1 heteroatoms. The predicted molar refractivity (Wildman–Crippen MR) is 62.8 cm³/mol. The Morgan fingerprint density at radius 1 is 1.15 bits per heavy atom. The third-order valence-corrected chi connectivity index (χ3v) is 16.2. The molecular weight excluding hydrogens is 263 g/mol. The van der Waals surface area contributed by atoms with Gasteiger partial charge in [-0.3, -0.25) is 0 Å². The van der Waals surface area contributed by atoms with Gasteiger partial charge in [-0.2, -0.15) is 0 Å². The van der Waals surface area contributed by atoms with Crippen LogP contribution in [-0.2, 0) is 0 Å². The van der Waals surface area contributed by atoms with E-state index in [4.69, 9.17) is 0 Å². The number of hydrogen-bond donors (Lipinski definition) is 0. The Labute approximate surface area is 86.2 Å². The Morgan fingerprint density at radius 3 is 2.15 bits per heavy atom.